The van der Waals surface area contributed by atoms with E-state index >= 15 is 0 Å². The number of carbonyl (C=O) groups excluding carboxylic acids is 1. The maximum atomic E-state index is 13.1. The van der Waals surface area contributed by atoms with Crippen LogP contribution < -0.4 is 20.7 Å². The molecule has 3 aromatic rings. The van der Waals surface area contributed by atoms with Gasteiger partial charge < -0.3 is 30.5 Å². The van der Waals surface area contributed by atoms with Crippen molar-refractivity contribution in [1.82, 2.24) is 25.1 Å². The zero-order valence-corrected chi connectivity index (χ0v) is 28.3. The molecule has 12 heteroatoms. The second-order valence-electron chi connectivity index (χ2n) is 12.1. The van der Waals surface area contributed by atoms with Crippen LogP contribution in [-0.4, -0.2) is 92.3 Å². The Morgan fingerprint density at radius 1 is 1.02 bits per heavy atom. The molecule has 0 spiro atoms. The number of aryl methyl sites for hydroxylation is 2. The van der Waals surface area contributed by atoms with Crippen LogP contribution in [0, 0.1) is 6.92 Å². The lowest BCUT2D eigenvalue weighted by atomic mass is 10.00. The van der Waals surface area contributed by atoms with E-state index in [1.54, 1.807) is 57.4 Å². The molecule has 0 radical (unpaired) electrons. The third kappa shape index (κ3) is 8.71. The first kappa shape index (κ1) is 34.1. The van der Waals surface area contributed by atoms with Gasteiger partial charge in [-0.1, -0.05) is 12.1 Å². The Morgan fingerprint density at radius 2 is 1.73 bits per heavy atom. The van der Waals surface area contributed by atoms with E-state index in [9.17, 15) is 13.2 Å². The smallest absolute Gasteiger partial charge is 0.251 e. The minimum atomic E-state index is -3.53. The Kier molecular flexibility index (Phi) is 11.4. The lowest BCUT2D eigenvalue weighted by Gasteiger charge is -2.32. The Hall–Kier alpha value is -3.74. The number of sulfone groups is 1. The molecule has 244 valence electrons. The zero-order chi connectivity index (χ0) is 32.7. The number of anilines is 4. The summed E-state index contributed by atoms with van der Waals surface area (Å²) in [5.74, 6) is 1.14. The van der Waals surface area contributed by atoms with Crippen molar-refractivity contribution >= 4 is 38.9 Å². The van der Waals surface area contributed by atoms with Crippen molar-refractivity contribution in [2.75, 3.05) is 57.5 Å². The minimum Gasteiger partial charge on any atom is -0.489 e. The fourth-order valence-corrected chi connectivity index (χ4v) is 6.34. The average molecular weight is 638 g/mol. The molecule has 1 aromatic heterocycles. The van der Waals surface area contributed by atoms with E-state index in [2.05, 4.69) is 42.8 Å². The number of carbonyl (C=O) groups is 1. The van der Waals surface area contributed by atoms with Gasteiger partial charge in [0.2, 0.25) is 5.95 Å². The first-order valence-electron chi connectivity index (χ1n) is 15.6. The Bertz CT molecular complexity index is 1590. The number of hydrogen-bond donors (Lipinski definition) is 3. The van der Waals surface area contributed by atoms with E-state index in [1.165, 1.54) is 0 Å². The van der Waals surface area contributed by atoms with Crippen molar-refractivity contribution < 1.29 is 17.9 Å². The Balaban J connectivity index is 1.63. The highest BCUT2D eigenvalue weighted by atomic mass is 32.2. The molecule has 0 saturated carbocycles. The number of amides is 1. The van der Waals surface area contributed by atoms with Gasteiger partial charge in [0.05, 0.1) is 27.6 Å². The molecule has 11 nitrogen and oxygen atoms in total. The van der Waals surface area contributed by atoms with Crippen LogP contribution in [0.15, 0.2) is 47.5 Å². The summed E-state index contributed by atoms with van der Waals surface area (Å²) in [4.78, 5) is 27.2. The van der Waals surface area contributed by atoms with Crippen LogP contribution in [0.4, 0.5) is 23.1 Å². The van der Waals surface area contributed by atoms with Crippen LogP contribution in [0.25, 0.3) is 0 Å². The summed E-state index contributed by atoms with van der Waals surface area (Å²) < 4.78 is 32.3. The highest BCUT2D eigenvalue weighted by molar-refractivity contribution is 7.92. The molecule has 4 rings (SSSR count). The number of aromatic nitrogens is 2. The quantitative estimate of drug-likeness (QED) is 0.241. The van der Waals surface area contributed by atoms with E-state index in [4.69, 9.17) is 4.74 Å². The van der Waals surface area contributed by atoms with Crippen LogP contribution in [0.3, 0.4) is 0 Å². The van der Waals surface area contributed by atoms with Crippen LogP contribution in [0.5, 0.6) is 5.75 Å². The summed E-state index contributed by atoms with van der Waals surface area (Å²) in [5.41, 5.74) is 3.21. The predicted octanol–water partition coefficient (Wildman–Crippen LogP) is 4.78. The summed E-state index contributed by atoms with van der Waals surface area (Å²) in [6, 6.07) is 10.5. The largest absolute Gasteiger partial charge is 0.489 e. The predicted molar refractivity (Wildman–Crippen MR) is 180 cm³/mol. The van der Waals surface area contributed by atoms with Crippen LogP contribution in [-0.2, 0) is 16.3 Å². The summed E-state index contributed by atoms with van der Waals surface area (Å²) in [5, 5.41) is 8.65. The van der Waals surface area contributed by atoms with Crippen molar-refractivity contribution in [2.24, 2.45) is 0 Å². The molecule has 1 saturated heterocycles. The Labute approximate surface area is 267 Å². The SMILES string of the molecule is CNC(=O)c1cc(Nc2ncc(C)c(Nc3ccccc3S(=O)(=O)C(C)C)n2)c(OC(C)C)cc1CCCN1CCN(C)CC1. The maximum absolute atomic E-state index is 13.1. The first-order valence-corrected chi connectivity index (χ1v) is 17.1. The third-order valence-corrected chi connectivity index (χ3v) is 10.1. The number of piperazine rings is 1. The van der Waals surface area contributed by atoms with Gasteiger partial charge in [0.15, 0.2) is 9.84 Å². The van der Waals surface area contributed by atoms with Crippen LogP contribution in [0.1, 0.15) is 55.6 Å². The standard InChI is InChI=1S/C33H47N7O4S/c1-22(2)44-29-19-25(11-10-14-40-17-15-39(7)16-18-40)26(32(41)34-6)20-28(29)37-33-35-21-24(5)31(38-33)36-27-12-8-9-13-30(27)45(42,43)23(3)4/h8-9,12-13,19-23H,10-11,14-18H2,1-7H3,(H,34,41)(H2,35,36,37,38). The molecule has 1 aliphatic rings. The number of hydrogen-bond acceptors (Lipinski definition) is 10. The lowest BCUT2D eigenvalue weighted by molar-refractivity contribution is 0.0962. The monoisotopic (exact) mass is 637 g/mol. The topological polar surface area (TPSA) is 129 Å². The van der Waals surface area contributed by atoms with Crippen LogP contribution in [0.2, 0.25) is 0 Å². The normalized spacial score (nSPS) is 14.5. The van der Waals surface area contributed by atoms with Crippen molar-refractivity contribution in [2.45, 2.75) is 63.7 Å². The number of nitrogens with one attached hydrogen (secondary N) is 3. The van der Waals surface area contributed by atoms with Gasteiger partial charge >= 0.3 is 0 Å². The molecule has 3 N–H and O–H groups in total. The van der Waals surface area contributed by atoms with Gasteiger partial charge in [-0.25, -0.2) is 13.4 Å². The fourth-order valence-electron chi connectivity index (χ4n) is 5.14. The molecular weight excluding hydrogens is 590 g/mol. The van der Waals surface area contributed by atoms with E-state index in [1.807, 2.05) is 26.8 Å². The van der Waals surface area contributed by atoms with Crippen LogP contribution >= 0.6 is 0 Å². The third-order valence-electron chi connectivity index (χ3n) is 7.84. The molecule has 45 heavy (non-hydrogen) atoms. The van der Waals surface area contributed by atoms with Gasteiger partial charge in [-0.3, -0.25) is 4.79 Å². The highest BCUT2D eigenvalue weighted by Gasteiger charge is 2.23. The number of ether oxygens (including phenoxy) is 1. The van der Waals surface area contributed by atoms with Gasteiger partial charge in [-0.15, -0.1) is 0 Å². The summed E-state index contributed by atoms with van der Waals surface area (Å²) in [7, 11) is 0.243. The number of rotatable bonds is 13. The van der Waals surface area contributed by atoms with Gasteiger partial charge in [0.25, 0.3) is 5.91 Å². The fraction of sp³-hybridized carbons (Fsp3) is 0.485. The van der Waals surface area contributed by atoms with Gasteiger partial charge in [0.1, 0.15) is 11.6 Å². The van der Waals surface area contributed by atoms with Crippen molar-refractivity contribution in [3.05, 3.63) is 59.3 Å². The second kappa shape index (κ2) is 15.0. The van der Waals surface area contributed by atoms with Crippen molar-refractivity contribution in [1.29, 1.82) is 0 Å². The molecule has 2 heterocycles. The van der Waals surface area contributed by atoms with Gasteiger partial charge in [0, 0.05) is 50.6 Å². The number of nitrogens with zero attached hydrogens (tertiary/aromatic N) is 4. The van der Waals surface area contributed by atoms with E-state index in [0.29, 0.717) is 28.5 Å². The van der Waals surface area contributed by atoms with E-state index in [0.717, 1.165) is 56.7 Å². The molecule has 0 bridgehead atoms. The number of likely N-dealkylation sites (N-methyl/N-ethyl adjacent to an activating group) is 1. The molecule has 1 amide bonds. The minimum absolute atomic E-state index is 0.106. The van der Waals surface area contributed by atoms with Gasteiger partial charge in [-0.05, 0) is 90.9 Å². The molecule has 2 aromatic carbocycles. The zero-order valence-electron chi connectivity index (χ0n) is 27.5. The van der Waals surface area contributed by atoms with Crippen molar-refractivity contribution in [3.8, 4) is 5.75 Å². The molecule has 1 aliphatic heterocycles. The molecule has 1 fully saturated rings. The maximum Gasteiger partial charge on any atom is 0.251 e. The van der Waals surface area contributed by atoms with Gasteiger partial charge in [-0.2, -0.15) is 4.98 Å². The average Bonchev–Trinajstić information content (AvgIpc) is 3.00. The summed E-state index contributed by atoms with van der Waals surface area (Å²) in [6.07, 6.45) is 3.21. The van der Waals surface area contributed by atoms with E-state index in [-0.39, 0.29) is 22.9 Å². The molecule has 0 unspecified atom stereocenters. The molecule has 0 atom stereocenters. The number of para-hydroxylation sites is 1. The number of benzene rings is 2. The highest BCUT2D eigenvalue weighted by Crippen LogP contribution is 2.34. The molecule has 0 aliphatic carbocycles. The lowest BCUT2D eigenvalue weighted by Crippen LogP contribution is -2.44. The first-order chi connectivity index (χ1) is 21.4. The van der Waals surface area contributed by atoms with E-state index < -0.39 is 15.1 Å². The summed E-state index contributed by atoms with van der Waals surface area (Å²) in [6.45, 7) is 14.3. The molecular formula is C33H47N7O4S. The summed E-state index contributed by atoms with van der Waals surface area (Å²) >= 11 is 0. The van der Waals surface area contributed by atoms with Crippen molar-refractivity contribution in [3.63, 3.8) is 0 Å². The Morgan fingerprint density at radius 3 is 2.40 bits per heavy atom. The second-order valence-corrected chi connectivity index (χ2v) is 14.5.